The van der Waals surface area contributed by atoms with Gasteiger partial charge in [0.25, 0.3) is 5.91 Å². The van der Waals surface area contributed by atoms with E-state index in [4.69, 9.17) is 9.47 Å². The molecular formula is C22H26N2O6. The second kappa shape index (κ2) is 11.0. The van der Waals surface area contributed by atoms with Crippen LogP contribution in [0.4, 0.5) is 0 Å². The van der Waals surface area contributed by atoms with E-state index in [0.717, 1.165) is 5.56 Å². The Kier molecular flexibility index (Phi) is 8.37. The normalized spacial score (nSPS) is 12.5. The lowest BCUT2D eigenvalue weighted by molar-refractivity contribution is -0.143. The van der Waals surface area contributed by atoms with Crippen LogP contribution in [-0.4, -0.2) is 49.2 Å². The summed E-state index contributed by atoms with van der Waals surface area (Å²) in [5, 5.41) is 15.6. The van der Waals surface area contributed by atoms with E-state index in [9.17, 15) is 19.5 Å². The van der Waals surface area contributed by atoms with Gasteiger partial charge >= 0.3 is 11.9 Å². The minimum Gasteiger partial charge on any atom is -0.507 e. The molecule has 0 heterocycles. The number of phenolic OH excluding ortho intramolecular Hbond substituents is 1. The zero-order valence-electron chi connectivity index (χ0n) is 17.2. The highest BCUT2D eigenvalue weighted by atomic mass is 16.5. The third-order valence-corrected chi connectivity index (χ3v) is 4.55. The number of phenols is 1. The van der Waals surface area contributed by atoms with Gasteiger partial charge < -0.3 is 25.2 Å². The van der Waals surface area contributed by atoms with Gasteiger partial charge in [-0.3, -0.25) is 4.79 Å². The second-order valence-corrected chi connectivity index (χ2v) is 6.59. The first-order valence-corrected chi connectivity index (χ1v) is 9.54. The van der Waals surface area contributed by atoms with Gasteiger partial charge in [0.05, 0.1) is 12.7 Å². The lowest BCUT2D eigenvalue weighted by Gasteiger charge is -2.17. The molecule has 0 aromatic heterocycles. The highest BCUT2D eigenvalue weighted by Crippen LogP contribution is 2.24. The Balaban J connectivity index is 2.12. The van der Waals surface area contributed by atoms with Crippen molar-refractivity contribution < 1.29 is 29.0 Å². The molecule has 2 atom stereocenters. The summed E-state index contributed by atoms with van der Waals surface area (Å²) in [7, 11) is 2.88. The molecule has 1 amide bonds. The Labute approximate surface area is 175 Å². The maximum Gasteiger partial charge on any atom is 0.328 e. The zero-order chi connectivity index (χ0) is 22.1. The SMILES string of the molecule is CCC(NC)C(=O)Oc1ccc(C(=O)NC(Cc2ccccc2)C(=O)OC)c(O)c1. The fraction of sp³-hybridized carbons (Fsp3) is 0.318. The van der Waals surface area contributed by atoms with Crippen LogP contribution in [0.1, 0.15) is 29.3 Å². The number of methoxy groups -OCH3 is 1. The fourth-order valence-corrected chi connectivity index (χ4v) is 2.86. The number of hydrogen-bond acceptors (Lipinski definition) is 7. The van der Waals surface area contributed by atoms with Gasteiger partial charge in [-0.1, -0.05) is 37.3 Å². The Bertz CT molecular complexity index is 880. The molecule has 0 bridgehead atoms. The number of rotatable bonds is 9. The van der Waals surface area contributed by atoms with Gasteiger partial charge in [-0.2, -0.15) is 0 Å². The van der Waals surface area contributed by atoms with Gasteiger partial charge in [0.2, 0.25) is 0 Å². The first-order valence-electron chi connectivity index (χ1n) is 9.54. The van der Waals surface area contributed by atoms with E-state index in [1.165, 1.54) is 25.3 Å². The van der Waals surface area contributed by atoms with Gasteiger partial charge in [0.1, 0.15) is 23.6 Å². The van der Waals surface area contributed by atoms with Crippen molar-refractivity contribution in [3.05, 3.63) is 59.7 Å². The van der Waals surface area contributed by atoms with Gasteiger partial charge in [-0.05, 0) is 31.2 Å². The summed E-state index contributed by atoms with van der Waals surface area (Å²) in [6, 6.07) is 11.7. The second-order valence-electron chi connectivity index (χ2n) is 6.59. The smallest absolute Gasteiger partial charge is 0.328 e. The molecule has 2 unspecified atom stereocenters. The van der Waals surface area contributed by atoms with Crippen LogP contribution in [0.2, 0.25) is 0 Å². The van der Waals surface area contributed by atoms with Crippen LogP contribution in [0.25, 0.3) is 0 Å². The van der Waals surface area contributed by atoms with Crippen LogP contribution < -0.4 is 15.4 Å². The van der Waals surface area contributed by atoms with Gasteiger partial charge in [-0.15, -0.1) is 0 Å². The number of aromatic hydroxyl groups is 1. The molecule has 0 radical (unpaired) electrons. The number of carbonyl (C=O) groups excluding carboxylic acids is 3. The zero-order valence-corrected chi connectivity index (χ0v) is 17.2. The van der Waals surface area contributed by atoms with Crippen LogP contribution >= 0.6 is 0 Å². The summed E-state index contributed by atoms with van der Waals surface area (Å²) >= 11 is 0. The van der Waals surface area contributed by atoms with Gasteiger partial charge in [0, 0.05) is 12.5 Å². The van der Waals surface area contributed by atoms with Crippen LogP contribution in [0.3, 0.4) is 0 Å². The quantitative estimate of drug-likeness (QED) is 0.424. The van der Waals surface area contributed by atoms with E-state index in [0.29, 0.717) is 6.42 Å². The van der Waals surface area contributed by atoms with Crippen LogP contribution in [0, 0.1) is 0 Å². The van der Waals surface area contributed by atoms with Crippen LogP contribution in [-0.2, 0) is 20.7 Å². The van der Waals surface area contributed by atoms with Crippen molar-refractivity contribution in [2.24, 2.45) is 0 Å². The molecule has 0 aliphatic carbocycles. The Hall–Kier alpha value is -3.39. The average Bonchev–Trinajstić information content (AvgIpc) is 2.74. The number of ether oxygens (including phenoxy) is 2. The third kappa shape index (κ3) is 6.05. The minimum atomic E-state index is -0.928. The molecule has 2 rings (SSSR count). The lowest BCUT2D eigenvalue weighted by Crippen LogP contribution is -2.43. The molecule has 0 spiro atoms. The highest BCUT2D eigenvalue weighted by Gasteiger charge is 2.24. The monoisotopic (exact) mass is 414 g/mol. The molecular weight excluding hydrogens is 388 g/mol. The van der Waals surface area contributed by atoms with Crippen molar-refractivity contribution in [3.8, 4) is 11.5 Å². The summed E-state index contributed by atoms with van der Waals surface area (Å²) in [5.41, 5.74) is 0.784. The van der Waals surface area contributed by atoms with Crippen LogP contribution in [0.15, 0.2) is 48.5 Å². The third-order valence-electron chi connectivity index (χ3n) is 4.55. The number of carbonyl (C=O) groups is 3. The minimum absolute atomic E-state index is 0.0579. The molecule has 30 heavy (non-hydrogen) atoms. The topological polar surface area (TPSA) is 114 Å². The number of amides is 1. The summed E-state index contributed by atoms with van der Waals surface area (Å²) in [4.78, 5) is 36.8. The number of benzene rings is 2. The number of esters is 2. The molecule has 2 aromatic carbocycles. The summed E-state index contributed by atoms with van der Waals surface area (Å²) < 4.78 is 10.0. The first kappa shape index (κ1) is 22.9. The molecule has 3 N–H and O–H groups in total. The van der Waals surface area contributed by atoms with E-state index in [1.807, 2.05) is 37.3 Å². The largest absolute Gasteiger partial charge is 0.507 e. The van der Waals surface area contributed by atoms with Gasteiger partial charge in [-0.25, -0.2) is 9.59 Å². The molecule has 160 valence electrons. The lowest BCUT2D eigenvalue weighted by atomic mass is 10.1. The Morgan fingerprint density at radius 1 is 1.03 bits per heavy atom. The van der Waals surface area contributed by atoms with E-state index in [-0.39, 0.29) is 23.5 Å². The van der Waals surface area contributed by atoms with Crippen molar-refractivity contribution in [2.45, 2.75) is 31.8 Å². The van der Waals surface area contributed by atoms with Gasteiger partial charge in [0.15, 0.2) is 0 Å². The van der Waals surface area contributed by atoms with Crippen molar-refractivity contribution in [1.82, 2.24) is 10.6 Å². The maximum absolute atomic E-state index is 12.6. The molecule has 0 saturated heterocycles. The first-order chi connectivity index (χ1) is 14.4. The van der Waals surface area contributed by atoms with E-state index >= 15 is 0 Å². The highest BCUT2D eigenvalue weighted by molar-refractivity contribution is 5.99. The summed E-state index contributed by atoms with van der Waals surface area (Å²) in [5.74, 6) is -2.02. The molecule has 0 fully saturated rings. The Morgan fingerprint density at radius 3 is 2.30 bits per heavy atom. The summed E-state index contributed by atoms with van der Waals surface area (Å²) in [6.45, 7) is 1.83. The van der Waals surface area contributed by atoms with Crippen molar-refractivity contribution >= 4 is 17.8 Å². The summed E-state index contributed by atoms with van der Waals surface area (Å²) in [6.07, 6.45) is 0.774. The van der Waals surface area contributed by atoms with E-state index < -0.39 is 29.9 Å². The number of hydrogen-bond donors (Lipinski definition) is 3. The standard InChI is InChI=1S/C22H26N2O6/c1-4-17(23-2)22(28)30-15-10-11-16(19(25)13-15)20(26)24-18(21(27)29-3)12-14-8-6-5-7-9-14/h5-11,13,17-18,23,25H,4,12H2,1-3H3,(H,24,26). The molecule has 0 saturated carbocycles. The Morgan fingerprint density at radius 2 is 1.73 bits per heavy atom. The molecule has 0 aliphatic rings. The van der Waals surface area contributed by atoms with Crippen LogP contribution in [0.5, 0.6) is 11.5 Å². The molecule has 8 nitrogen and oxygen atoms in total. The van der Waals surface area contributed by atoms with E-state index in [2.05, 4.69) is 10.6 Å². The molecule has 8 heteroatoms. The maximum atomic E-state index is 12.6. The number of nitrogens with one attached hydrogen (secondary N) is 2. The van der Waals surface area contributed by atoms with Crippen molar-refractivity contribution in [1.29, 1.82) is 0 Å². The predicted octanol–water partition coefficient (Wildman–Crippen LogP) is 1.81. The van der Waals surface area contributed by atoms with E-state index in [1.54, 1.807) is 7.05 Å². The average molecular weight is 414 g/mol. The van der Waals surface area contributed by atoms with Crippen molar-refractivity contribution in [3.63, 3.8) is 0 Å². The molecule has 2 aromatic rings. The molecule has 0 aliphatic heterocycles. The fourth-order valence-electron chi connectivity index (χ4n) is 2.86. The number of likely N-dealkylation sites (N-methyl/N-ethyl adjacent to an activating group) is 1. The van der Waals surface area contributed by atoms with Crippen molar-refractivity contribution in [2.75, 3.05) is 14.2 Å². The predicted molar refractivity (Wildman–Crippen MR) is 110 cm³/mol.